The van der Waals surface area contributed by atoms with Gasteiger partial charge >= 0.3 is 0 Å². The van der Waals surface area contributed by atoms with E-state index in [0.717, 1.165) is 17.7 Å². The van der Waals surface area contributed by atoms with E-state index in [2.05, 4.69) is 11.1 Å². The molecule has 6 heteroatoms. The monoisotopic (exact) mass is 349 g/mol. The van der Waals surface area contributed by atoms with Gasteiger partial charge in [0, 0.05) is 36.6 Å². The molecular weight excluding hydrogens is 330 g/mol. The van der Waals surface area contributed by atoms with Gasteiger partial charge < -0.3 is 14.4 Å². The SMILES string of the molecule is N#CCCN(C(=O)[C@H]1C[C@H]1c1cccnc1)c1ccc2c(c1)OCCO2. The van der Waals surface area contributed by atoms with E-state index in [1.165, 1.54) is 0 Å². The summed E-state index contributed by atoms with van der Waals surface area (Å²) in [6.45, 7) is 1.39. The van der Waals surface area contributed by atoms with Gasteiger partial charge in [-0.1, -0.05) is 6.07 Å². The molecule has 4 rings (SSSR count). The number of carbonyl (C=O) groups excluding carboxylic acids is 1. The number of anilines is 1. The van der Waals surface area contributed by atoms with Gasteiger partial charge in [0.25, 0.3) is 0 Å². The highest BCUT2D eigenvalue weighted by Gasteiger charge is 2.46. The third-order valence-corrected chi connectivity index (χ3v) is 4.77. The summed E-state index contributed by atoms with van der Waals surface area (Å²) in [5.74, 6) is 1.52. The number of pyridine rings is 1. The Labute approximate surface area is 152 Å². The summed E-state index contributed by atoms with van der Waals surface area (Å²) in [4.78, 5) is 18.9. The number of fused-ring (bicyclic) bond motifs is 1. The maximum Gasteiger partial charge on any atom is 0.230 e. The predicted octanol–water partition coefficient (Wildman–Crippen LogP) is 2.90. The topological polar surface area (TPSA) is 75.5 Å². The lowest BCUT2D eigenvalue weighted by atomic mass is 10.1. The van der Waals surface area contributed by atoms with Gasteiger partial charge in [-0.2, -0.15) is 5.26 Å². The minimum absolute atomic E-state index is 0.0470. The lowest BCUT2D eigenvalue weighted by molar-refractivity contribution is -0.119. The number of hydrogen-bond donors (Lipinski definition) is 0. The number of nitriles is 1. The van der Waals surface area contributed by atoms with E-state index in [1.54, 1.807) is 11.1 Å². The van der Waals surface area contributed by atoms with E-state index < -0.39 is 0 Å². The molecule has 1 aliphatic heterocycles. The van der Waals surface area contributed by atoms with Crippen LogP contribution in [0.2, 0.25) is 0 Å². The normalized spacial score (nSPS) is 20.1. The fraction of sp³-hybridized carbons (Fsp3) is 0.350. The first-order chi connectivity index (χ1) is 12.8. The second kappa shape index (κ2) is 7.04. The Morgan fingerprint density at radius 2 is 2.12 bits per heavy atom. The van der Waals surface area contributed by atoms with Crippen LogP contribution in [0.5, 0.6) is 11.5 Å². The van der Waals surface area contributed by atoms with Crippen molar-refractivity contribution in [3.05, 3.63) is 48.3 Å². The lowest BCUT2D eigenvalue weighted by Gasteiger charge is -2.25. The van der Waals surface area contributed by atoms with E-state index >= 15 is 0 Å². The van der Waals surface area contributed by atoms with Crippen molar-refractivity contribution in [3.63, 3.8) is 0 Å². The minimum atomic E-state index is -0.0638. The molecule has 1 aromatic carbocycles. The molecule has 2 heterocycles. The zero-order chi connectivity index (χ0) is 17.9. The van der Waals surface area contributed by atoms with Gasteiger partial charge in [0.15, 0.2) is 11.5 Å². The van der Waals surface area contributed by atoms with Crippen molar-refractivity contribution < 1.29 is 14.3 Å². The van der Waals surface area contributed by atoms with Crippen molar-refractivity contribution in [2.75, 3.05) is 24.7 Å². The van der Waals surface area contributed by atoms with Crippen molar-refractivity contribution in [3.8, 4) is 17.6 Å². The average Bonchev–Trinajstić information content (AvgIpc) is 3.49. The number of carbonyl (C=O) groups is 1. The number of aromatic nitrogens is 1. The molecule has 1 aliphatic carbocycles. The second-order valence-corrected chi connectivity index (χ2v) is 6.46. The van der Waals surface area contributed by atoms with Gasteiger partial charge in [-0.05, 0) is 36.1 Å². The number of benzene rings is 1. The Kier molecular flexibility index (Phi) is 4.44. The van der Waals surface area contributed by atoms with Gasteiger partial charge in [-0.3, -0.25) is 9.78 Å². The van der Waals surface area contributed by atoms with Crippen molar-refractivity contribution >= 4 is 11.6 Å². The first kappa shape index (κ1) is 16.4. The van der Waals surface area contributed by atoms with Crippen molar-refractivity contribution in [2.24, 2.45) is 5.92 Å². The minimum Gasteiger partial charge on any atom is -0.486 e. The molecule has 1 aromatic heterocycles. The Balaban J connectivity index is 1.55. The van der Waals surface area contributed by atoms with Crippen LogP contribution in [0.4, 0.5) is 5.69 Å². The Morgan fingerprint density at radius 3 is 2.88 bits per heavy atom. The van der Waals surface area contributed by atoms with Crippen molar-refractivity contribution in [2.45, 2.75) is 18.8 Å². The Hall–Kier alpha value is -3.07. The van der Waals surface area contributed by atoms with Crippen molar-refractivity contribution in [1.29, 1.82) is 5.26 Å². The highest BCUT2D eigenvalue weighted by molar-refractivity contribution is 5.97. The van der Waals surface area contributed by atoms with Crippen LogP contribution in [0.25, 0.3) is 0 Å². The molecule has 0 N–H and O–H groups in total. The van der Waals surface area contributed by atoms with Crippen LogP contribution in [0.1, 0.15) is 24.3 Å². The summed E-state index contributed by atoms with van der Waals surface area (Å²) in [5.41, 5.74) is 1.83. The fourth-order valence-electron chi connectivity index (χ4n) is 3.36. The molecule has 1 fully saturated rings. The molecule has 1 saturated carbocycles. The number of rotatable bonds is 5. The smallest absolute Gasteiger partial charge is 0.230 e. The zero-order valence-corrected chi connectivity index (χ0v) is 14.3. The van der Waals surface area contributed by atoms with E-state index in [-0.39, 0.29) is 24.2 Å². The van der Waals surface area contributed by atoms with Gasteiger partial charge in [0.2, 0.25) is 5.91 Å². The van der Waals surface area contributed by atoms with Crippen LogP contribution in [0.3, 0.4) is 0 Å². The van der Waals surface area contributed by atoms with E-state index in [4.69, 9.17) is 14.7 Å². The molecule has 0 spiro atoms. The number of amides is 1. The number of ether oxygens (including phenoxy) is 2. The summed E-state index contributed by atoms with van der Waals surface area (Å²) in [6, 6.07) is 11.5. The summed E-state index contributed by atoms with van der Waals surface area (Å²) in [7, 11) is 0. The largest absolute Gasteiger partial charge is 0.486 e. The highest BCUT2D eigenvalue weighted by Crippen LogP contribution is 2.49. The molecule has 1 amide bonds. The lowest BCUT2D eigenvalue weighted by Crippen LogP contribution is -2.33. The first-order valence-corrected chi connectivity index (χ1v) is 8.76. The summed E-state index contributed by atoms with van der Waals surface area (Å²) in [6.07, 6.45) is 4.65. The van der Waals surface area contributed by atoms with Crippen LogP contribution < -0.4 is 14.4 Å². The van der Waals surface area contributed by atoms with E-state index in [9.17, 15) is 4.79 Å². The zero-order valence-electron chi connectivity index (χ0n) is 14.3. The van der Waals surface area contributed by atoms with Crippen LogP contribution in [-0.4, -0.2) is 30.6 Å². The summed E-state index contributed by atoms with van der Waals surface area (Å²) >= 11 is 0. The van der Waals surface area contributed by atoms with E-state index in [1.807, 2.05) is 36.5 Å². The summed E-state index contributed by atoms with van der Waals surface area (Å²) in [5, 5.41) is 8.98. The first-order valence-electron chi connectivity index (χ1n) is 8.76. The molecule has 2 aliphatic rings. The van der Waals surface area contributed by atoms with Crippen LogP contribution in [-0.2, 0) is 4.79 Å². The second-order valence-electron chi connectivity index (χ2n) is 6.46. The highest BCUT2D eigenvalue weighted by atomic mass is 16.6. The molecule has 0 saturated heterocycles. The Bertz CT molecular complexity index is 847. The molecule has 26 heavy (non-hydrogen) atoms. The van der Waals surface area contributed by atoms with Gasteiger partial charge in [-0.25, -0.2) is 0 Å². The molecule has 132 valence electrons. The average molecular weight is 349 g/mol. The number of nitrogens with zero attached hydrogens (tertiary/aromatic N) is 3. The van der Waals surface area contributed by atoms with Crippen molar-refractivity contribution in [1.82, 2.24) is 4.98 Å². The van der Waals surface area contributed by atoms with E-state index in [0.29, 0.717) is 31.3 Å². The number of hydrogen-bond acceptors (Lipinski definition) is 5. The molecule has 0 unspecified atom stereocenters. The quantitative estimate of drug-likeness (QED) is 0.830. The molecule has 6 nitrogen and oxygen atoms in total. The van der Waals surface area contributed by atoms with Gasteiger partial charge in [0.1, 0.15) is 13.2 Å². The maximum absolute atomic E-state index is 13.1. The van der Waals surface area contributed by atoms with Crippen LogP contribution in [0.15, 0.2) is 42.7 Å². The standard InChI is InChI=1S/C20H19N3O3/c21-6-2-8-23(15-4-5-18-19(11-15)26-10-9-25-18)20(24)17-12-16(17)14-3-1-7-22-13-14/h1,3-5,7,11,13,16-17H,2,8-10,12H2/t16-,17-/m0/s1. The third kappa shape index (κ3) is 3.21. The molecule has 0 bridgehead atoms. The van der Waals surface area contributed by atoms with Crippen LogP contribution in [0, 0.1) is 17.2 Å². The predicted molar refractivity (Wildman–Crippen MR) is 95.1 cm³/mol. The summed E-state index contributed by atoms with van der Waals surface area (Å²) < 4.78 is 11.2. The van der Waals surface area contributed by atoms with Gasteiger partial charge in [-0.15, -0.1) is 0 Å². The molecule has 0 radical (unpaired) electrons. The fourth-order valence-corrected chi connectivity index (χ4v) is 3.36. The maximum atomic E-state index is 13.1. The molecule has 2 atom stereocenters. The third-order valence-electron chi connectivity index (χ3n) is 4.77. The Morgan fingerprint density at radius 1 is 1.27 bits per heavy atom. The molecular formula is C20H19N3O3. The molecule has 2 aromatic rings. The van der Waals surface area contributed by atoms with Crippen LogP contribution >= 0.6 is 0 Å². The van der Waals surface area contributed by atoms with Gasteiger partial charge in [0.05, 0.1) is 12.5 Å².